The summed E-state index contributed by atoms with van der Waals surface area (Å²) in [7, 11) is 0. The van der Waals surface area contributed by atoms with Gasteiger partial charge in [-0.2, -0.15) is 0 Å². The summed E-state index contributed by atoms with van der Waals surface area (Å²) in [6.45, 7) is 2.69. The van der Waals surface area contributed by atoms with E-state index in [0.717, 1.165) is 30.9 Å². The minimum atomic E-state index is -0.206. The second-order valence-electron chi connectivity index (χ2n) is 4.63. The average molecular weight is 246 g/mol. The second kappa shape index (κ2) is 4.86. The minimum absolute atomic E-state index is 0.206. The van der Waals surface area contributed by atoms with E-state index in [2.05, 4.69) is 15.5 Å². The van der Waals surface area contributed by atoms with Crippen LogP contribution in [0, 0.1) is 5.82 Å². The number of nitrogens with one attached hydrogen (secondary N) is 1. The molecule has 1 unspecified atom stereocenters. The van der Waals surface area contributed by atoms with Crippen LogP contribution in [-0.2, 0) is 6.54 Å². The molecule has 1 fully saturated rings. The Morgan fingerprint density at radius 3 is 2.89 bits per heavy atom. The average Bonchev–Trinajstić information content (AvgIpc) is 3.02. The van der Waals surface area contributed by atoms with Crippen molar-refractivity contribution in [3.05, 3.63) is 47.8 Å². The third kappa shape index (κ3) is 2.26. The van der Waals surface area contributed by atoms with Crippen LogP contribution in [0.4, 0.5) is 4.39 Å². The third-order valence-electron chi connectivity index (χ3n) is 3.34. The number of benzene rings is 1. The topological polar surface area (TPSA) is 42.7 Å². The lowest BCUT2D eigenvalue weighted by Crippen LogP contribution is -2.13. The van der Waals surface area contributed by atoms with E-state index in [1.165, 1.54) is 12.1 Å². The van der Waals surface area contributed by atoms with Crippen molar-refractivity contribution in [2.45, 2.75) is 18.9 Å². The number of rotatable bonds is 3. The van der Waals surface area contributed by atoms with Crippen molar-refractivity contribution in [3.63, 3.8) is 0 Å². The molecule has 1 saturated heterocycles. The zero-order valence-corrected chi connectivity index (χ0v) is 10.0. The molecule has 0 bridgehead atoms. The number of nitrogens with zero attached hydrogens (tertiary/aromatic N) is 3. The van der Waals surface area contributed by atoms with E-state index in [-0.39, 0.29) is 5.82 Å². The maximum atomic E-state index is 12.9. The van der Waals surface area contributed by atoms with Crippen LogP contribution < -0.4 is 5.32 Å². The Balaban J connectivity index is 1.80. The predicted octanol–water partition coefficient (Wildman–Crippen LogP) is 1.54. The van der Waals surface area contributed by atoms with Gasteiger partial charge in [-0.15, -0.1) is 10.2 Å². The van der Waals surface area contributed by atoms with Crippen molar-refractivity contribution in [1.82, 2.24) is 20.1 Å². The molecule has 0 saturated carbocycles. The summed E-state index contributed by atoms with van der Waals surface area (Å²) < 4.78 is 14.9. The van der Waals surface area contributed by atoms with Crippen molar-refractivity contribution >= 4 is 0 Å². The van der Waals surface area contributed by atoms with Crippen LogP contribution in [0.2, 0.25) is 0 Å². The van der Waals surface area contributed by atoms with Gasteiger partial charge in [0, 0.05) is 12.5 Å². The fraction of sp³-hybridized carbons (Fsp3) is 0.385. The second-order valence-corrected chi connectivity index (χ2v) is 4.63. The van der Waals surface area contributed by atoms with E-state index in [9.17, 15) is 4.39 Å². The normalized spacial score (nSPS) is 19.3. The van der Waals surface area contributed by atoms with Crippen molar-refractivity contribution in [1.29, 1.82) is 0 Å². The number of halogens is 1. The van der Waals surface area contributed by atoms with Crippen molar-refractivity contribution < 1.29 is 4.39 Å². The SMILES string of the molecule is Fc1ccc(Cn2cnnc2C2CCNC2)cc1. The standard InChI is InChI=1S/C13H15FN4/c14-12-3-1-10(2-4-12)8-18-9-16-17-13(18)11-5-6-15-7-11/h1-4,9,11,15H,5-8H2. The van der Waals surface area contributed by atoms with Gasteiger partial charge in [-0.05, 0) is 30.7 Å². The zero-order valence-electron chi connectivity index (χ0n) is 10.0. The molecule has 0 amide bonds. The van der Waals surface area contributed by atoms with Gasteiger partial charge < -0.3 is 9.88 Å². The van der Waals surface area contributed by atoms with Gasteiger partial charge in [-0.3, -0.25) is 0 Å². The Morgan fingerprint density at radius 2 is 2.17 bits per heavy atom. The van der Waals surface area contributed by atoms with Gasteiger partial charge in [0.1, 0.15) is 18.0 Å². The van der Waals surface area contributed by atoms with Crippen LogP contribution in [0.3, 0.4) is 0 Å². The van der Waals surface area contributed by atoms with E-state index >= 15 is 0 Å². The van der Waals surface area contributed by atoms with Gasteiger partial charge in [-0.25, -0.2) is 4.39 Å². The molecular formula is C13H15FN4. The smallest absolute Gasteiger partial charge is 0.137 e. The Kier molecular flexibility index (Phi) is 3.06. The van der Waals surface area contributed by atoms with Crippen LogP contribution >= 0.6 is 0 Å². The Morgan fingerprint density at radius 1 is 1.33 bits per heavy atom. The summed E-state index contributed by atoms with van der Waals surface area (Å²) in [5.74, 6) is 1.25. The fourth-order valence-electron chi connectivity index (χ4n) is 2.36. The highest BCUT2D eigenvalue weighted by Crippen LogP contribution is 2.20. The molecule has 94 valence electrons. The fourth-order valence-corrected chi connectivity index (χ4v) is 2.36. The first-order valence-electron chi connectivity index (χ1n) is 6.16. The van der Waals surface area contributed by atoms with Crippen molar-refractivity contribution in [2.24, 2.45) is 0 Å². The van der Waals surface area contributed by atoms with E-state index in [1.54, 1.807) is 18.5 Å². The highest BCUT2D eigenvalue weighted by molar-refractivity contribution is 5.17. The van der Waals surface area contributed by atoms with Crippen molar-refractivity contribution in [2.75, 3.05) is 13.1 Å². The highest BCUT2D eigenvalue weighted by atomic mass is 19.1. The molecule has 1 N–H and O–H groups in total. The first-order valence-corrected chi connectivity index (χ1v) is 6.16. The van der Waals surface area contributed by atoms with E-state index in [0.29, 0.717) is 12.5 Å². The van der Waals surface area contributed by atoms with E-state index < -0.39 is 0 Å². The van der Waals surface area contributed by atoms with Gasteiger partial charge in [0.05, 0.1) is 6.54 Å². The predicted molar refractivity (Wildman–Crippen MR) is 65.8 cm³/mol. The van der Waals surface area contributed by atoms with E-state index in [4.69, 9.17) is 0 Å². The molecule has 2 aromatic rings. The molecule has 1 aliphatic heterocycles. The van der Waals surface area contributed by atoms with Crippen LogP contribution in [0.25, 0.3) is 0 Å². The molecule has 1 aromatic heterocycles. The van der Waals surface area contributed by atoms with Crippen LogP contribution in [0.1, 0.15) is 23.7 Å². The molecule has 4 nitrogen and oxygen atoms in total. The first kappa shape index (κ1) is 11.3. The maximum Gasteiger partial charge on any atom is 0.137 e. The van der Waals surface area contributed by atoms with Crippen LogP contribution in [0.5, 0.6) is 0 Å². The molecule has 2 heterocycles. The number of aromatic nitrogens is 3. The van der Waals surface area contributed by atoms with Gasteiger partial charge in [0.2, 0.25) is 0 Å². The van der Waals surface area contributed by atoms with Gasteiger partial charge >= 0.3 is 0 Å². The minimum Gasteiger partial charge on any atom is -0.316 e. The summed E-state index contributed by atoms with van der Waals surface area (Å²) in [4.78, 5) is 0. The molecule has 1 atom stereocenters. The Labute approximate surface area is 105 Å². The van der Waals surface area contributed by atoms with Crippen LogP contribution in [0.15, 0.2) is 30.6 Å². The van der Waals surface area contributed by atoms with Gasteiger partial charge in [-0.1, -0.05) is 12.1 Å². The lowest BCUT2D eigenvalue weighted by molar-refractivity contribution is 0.620. The Bertz CT molecular complexity index is 514. The number of hydrogen-bond acceptors (Lipinski definition) is 3. The molecule has 1 aliphatic rings. The summed E-state index contributed by atoms with van der Waals surface area (Å²) in [5, 5.41) is 11.5. The third-order valence-corrected chi connectivity index (χ3v) is 3.34. The van der Waals surface area contributed by atoms with Crippen molar-refractivity contribution in [3.8, 4) is 0 Å². The summed E-state index contributed by atoms with van der Waals surface area (Å²) in [6, 6.07) is 6.56. The lowest BCUT2D eigenvalue weighted by Gasteiger charge is -2.10. The van der Waals surface area contributed by atoms with Gasteiger partial charge in [0.15, 0.2) is 0 Å². The Hall–Kier alpha value is -1.75. The summed E-state index contributed by atoms with van der Waals surface area (Å²) in [5.41, 5.74) is 1.06. The molecule has 3 rings (SSSR count). The molecule has 18 heavy (non-hydrogen) atoms. The molecule has 1 aromatic carbocycles. The first-order chi connectivity index (χ1) is 8.83. The highest BCUT2D eigenvalue weighted by Gasteiger charge is 2.21. The molecular weight excluding hydrogens is 231 g/mol. The molecule has 0 radical (unpaired) electrons. The van der Waals surface area contributed by atoms with E-state index in [1.807, 2.05) is 4.57 Å². The quantitative estimate of drug-likeness (QED) is 0.893. The largest absolute Gasteiger partial charge is 0.316 e. The monoisotopic (exact) mass is 246 g/mol. The summed E-state index contributed by atoms with van der Waals surface area (Å²) in [6.07, 6.45) is 2.85. The molecule has 0 aliphatic carbocycles. The number of hydrogen-bond donors (Lipinski definition) is 1. The lowest BCUT2D eigenvalue weighted by atomic mass is 10.1. The summed E-state index contributed by atoms with van der Waals surface area (Å²) >= 11 is 0. The zero-order chi connectivity index (χ0) is 12.4. The maximum absolute atomic E-state index is 12.9. The van der Waals surface area contributed by atoms with Gasteiger partial charge in [0.25, 0.3) is 0 Å². The van der Waals surface area contributed by atoms with Crippen LogP contribution in [-0.4, -0.2) is 27.9 Å². The molecule has 5 heteroatoms. The molecule has 0 spiro atoms.